The lowest BCUT2D eigenvalue weighted by Crippen LogP contribution is -1.97. The molecule has 0 aliphatic heterocycles. The number of benzene rings is 8. The van der Waals surface area contributed by atoms with Crippen molar-refractivity contribution < 1.29 is 0 Å². The van der Waals surface area contributed by atoms with E-state index in [2.05, 4.69) is 229 Å². The molecule has 1 aromatic heterocycles. The number of hydrogen-bond acceptors (Lipinski definition) is 0. The first-order chi connectivity index (χ1) is 28.3. The van der Waals surface area contributed by atoms with Gasteiger partial charge in [0.1, 0.15) is 0 Å². The molecule has 0 saturated carbocycles. The number of aromatic nitrogens is 1. The Labute approximate surface area is 333 Å². The maximum Gasteiger partial charge on any atom is 0.0534 e. The standard InChI is InChI=1S/C56H37N/c1-7-19-38(20-8-1)46-36-48-49(37-47(46)39-21-9-2-10-22-39)55-54(44-32-31-40-33-34-57(50(40)35-44)45-29-17-6-18-30-45)52(42-25-13-4-14-26-42)53(43-27-15-5-16-28-43)56(55)51(48)41-23-11-3-12-24-41/h1-37H. The van der Waals surface area contributed by atoms with Crippen molar-refractivity contribution in [3.05, 3.63) is 264 Å². The maximum absolute atomic E-state index is 2.49. The summed E-state index contributed by atoms with van der Waals surface area (Å²) in [4.78, 5) is 0. The second-order valence-corrected chi connectivity index (χ2v) is 14.8. The van der Waals surface area contributed by atoms with E-state index in [9.17, 15) is 0 Å². The lowest BCUT2D eigenvalue weighted by molar-refractivity contribution is 1.13. The smallest absolute Gasteiger partial charge is 0.0534 e. The Morgan fingerprint density at radius 1 is 0.246 bits per heavy atom. The molecule has 9 aromatic rings. The molecule has 0 N–H and O–H groups in total. The van der Waals surface area contributed by atoms with Gasteiger partial charge in [-0.05, 0) is 131 Å². The van der Waals surface area contributed by atoms with Gasteiger partial charge in [-0.1, -0.05) is 182 Å². The zero-order valence-corrected chi connectivity index (χ0v) is 31.3. The normalized spacial score (nSPS) is 13.4. The Bertz CT molecular complexity index is 3040. The van der Waals surface area contributed by atoms with E-state index in [0.29, 0.717) is 0 Å². The number of hydrogen-bond donors (Lipinski definition) is 0. The Morgan fingerprint density at radius 3 is 1.16 bits per heavy atom. The molecule has 11 rings (SSSR count). The van der Waals surface area contributed by atoms with Gasteiger partial charge < -0.3 is 4.57 Å². The zero-order chi connectivity index (χ0) is 37.7. The highest BCUT2D eigenvalue weighted by molar-refractivity contribution is 6.39. The Balaban J connectivity index is 1.31. The van der Waals surface area contributed by atoms with Gasteiger partial charge in [-0.2, -0.15) is 0 Å². The number of nitrogens with zero attached hydrogens (tertiary/aromatic N) is 1. The van der Waals surface area contributed by atoms with Crippen LogP contribution in [-0.4, -0.2) is 4.57 Å². The van der Waals surface area contributed by atoms with E-state index in [1.807, 2.05) is 0 Å². The van der Waals surface area contributed by atoms with Crippen LogP contribution in [0.4, 0.5) is 0 Å². The monoisotopic (exact) mass is 723 g/mol. The molecule has 0 bridgehead atoms. The van der Waals surface area contributed by atoms with E-state index >= 15 is 0 Å². The van der Waals surface area contributed by atoms with Gasteiger partial charge >= 0.3 is 0 Å². The first-order valence-electron chi connectivity index (χ1n) is 19.7. The maximum atomic E-state index is 2.49. The molecule has 1 heterocycles. The van der Waals surface area contributed by atoms with Gasteiger partial charge in [0.05, 0.1) is 5.52 Å². The van der Waals surface area contributed by atoms with E-state index in [1.165, 1.54) is 100.0 Å². The minimum absolute atomic E-state index is 1.15. The van der Waals surface area contributed by atoms with Crippen LogP contribution in [0.3, 0.4) is 0 Å². The van der Waals surface area contributed by atoms with E-state index in [1.54, 1.807) is 0 Å². The van der Waals surface area contributed by atoms with E-state index in [4.69, 9.17) is 0 Å². The third-order valence-electron chi connectivity index (χ3n) is 11.6. The minimum atomic E-state index is 1.15. The number of fused-ring (bicyclic) bond motifs is 4. The first kappa shape index (κ1) is 32.9. The summed E-state index contributed by atoms with van der Waals surface area (Å²) in [5.74, 6) is 0. The summed E-state index contributed by atoms with van der Waals surface area (Å²) in [7, 11) is 0. The molecule has 0 radical (unpaired) electrons. The molecule has 0 amide bonds. The van der Waals surface area contributed by atoms with Gasteiger partial charge in [0.25, 0.3) is 0 Å². The highest BCUT2D eigenvalue weighted by Crippen LogP contribution is 2.62. The molecule has 8 aromatic carbocycles. The number of para-hydroxylation sites is 1. The summed E-state index contributed by atoms with van der Waals surface area (Å²) in [5, 5.41) is 1.21. The van der Waals surface area contributed by atoms with Crippen molar-refractivity contribution in [1.82, 2.24) is 4.57 Å². The summed E-state index contributed by atoms with van der Waals surface area (Å²) >= 11 is 0. The summed E-state index contributed by atoms with van der Waals surface area (Å²) < 4.78 is 2.32. The third-order valence-corrected chi connectivity index (χ3v) is 11.6. The quantitative estimate of drug-likeness (QED) is 0.154. The van der Waals surface area contributed by atoms with Crippen LogP contribution < -0.4 is 0 Å². The average molecular weight is 724 g/mol. The summed E-state index contributed by atoms with van der Waals surface area (Å²) in [6.07, 6.45) is 2.19. The van der Waals surface area contributed by atoms with Crippen molar-refractivity contribution in [3.63, 3.8) is 0 Å². The molecule has 2 aliphatic rings. The van der Waals surface area contributed by atoms with Gasteiger partial charge in [0.15, 0.2) is 0 Å². The second-order valence-electron chi connectivity index (χ2n) is 14.8. The predicted molar refractivity (Wildman–Crippen MR) is 240 cm³/mol. The molecule has 0 spiro atoms. The van der Waals surface area contributed by atoms with Crippen molar-refractivity contribution in [3.8, 4) is 27.9 Å². The fourth-order valence-corrected chi connectivity index (χ4v) is 9.08. The van der Waals surface area contributed by atoms with Crippen LogP contribution >= 0.6 is 0 Å². The van der Waals surface area contributed by atoms with Gasteiger partial charge in [-0.25, -0.2) is 0 Å². The van der Waals surface area contributed by atoms with Gasteiger partial charge in [-0.15, -0.1) is 0 Å². The fourth-order valence-electron chi connectivity index (χ4n) is 9.08. The highest BCUT2D eigenvalue weighted by atomic mass is 15.0. The topological polar surface area (TPSA) is 4.93 Å². The average Bonchev–Trinajstić information content (AvgIpc) is 3.97. The van der Waals surface area contributed by atoms with Crippen molar-refractivity contribution in [1.29, 1.82) is 0 Å². The van der Waals surface area contributed by atoms with Crippen molar-refractivity contribution >= 4 is 38.8 Å². The van der Waals surface area contributed by atoms with Crippen LogP contribution in [0.25, 0.3) is 66.7 Å². The lowest BCUT2D eigenvalue weighted by atomic mass is 9.84. The first-order valence-corrected chi connectivity index (χ1v) is 19.7. The number of rotatable bonds is 7. The van der Waals surface area contributed by atoms with Crippen LogP contribution in [0.5, 0.6) is 0 Å². The second kappa shape index (κ2) is 13.7. The summed E-state index contributed by atoms with van der Waals surface area (Å²) in [5.41, 5.74) is 22.2. The SMILES string of the molecule is c1ccc(C2=C(c3ccccc3)C(c3ccc4ccn(-c5ccccc5)c4c3)=C3C2=C(c2ccccc2)c2cc(-c4ccccc4)c(-c4ccccc4)cc23)cc1. The largest absolute Gasteiger partial charge is 0.317 e. The molecule has 1 nitrogen and oxygen atoms in total. The molecule has 0 fully saturated rings. The minimum Gasteiger partial charge on any atom is -0.317 e. The summed E-state index contributed by atoms with van der Waals surface area (Å²) in [6.45, 7) is 0. The molecule has 0 atom stereocenters. The summed E-state index contributed by atoms with van der Waals surface area (Å²) in [6, 6.07) is 79.8. The van der Waals surface area contributed by atoms with Crippen molar-refractivity contribution in [2.45, 2.75) is 0 Å². The van der Waals surface area contributed by atoms with E-state index in [-0.39, 0.29) is 0 Å². The molecule has 266 valence electrons. The van der Waals surface area contributed by atoms with E-state index in [0.717, 1.165) is 5.69 Å². The Morgan fingerprint density at radius 2 is 0.649 bits per heavy atom. The molecular weight excluding hydrogens is 687 g/mol. The Hall–Kier alpha value is -7.48. The van der Waals surface area contributed by atoms with Gasteiger partial charge in [0, 0.05) is 11.9 Å². The van der Waals surface area contributed by atoms with Gasteiger partial charge in [0.2, 0.25) is 0 Å². The molecule has 57 heavy (non-hydrogen) atoms. The molecule has 1 heteroatoms. The molecule has 0 saturated heterocycles. The lowest BCUT2D eigenvalue weighted by Gasteiger charge is -2.19. The third kappa shape index (κ3) is 5.47. The number of allylic oxidation sites excluding steroid dienone is 5. The van der Waals surface area contributed by atoms with Crippen molar-refractivity contribution in [2.24, 2.45) is 0 Å². The van der Waals surface area contributed by atoms with Crippen LogP contribution in [0.15, 0.2) is 230 Å². The molecular formula is C56H37N. The predicted octanol–water partition coefficient (Wildman–Crippen LogP) is 14.3. The van der Waals surface area contributed by atoms with Gasteiger partial charge in [-0.3, -0.25) is 0 Å². The highest BCUT2D eigenvalue weighted by Gasteiger charge is 2.41. The van der Waals surface area contributed by atoms with Crippen LogP contribution in [-0.2, 0) is 0 Å². The zero-order valence-electron chi connectivity index (χ0n) is 31.3. The van der Waals surface area contributed by atoms with Crippen LogP contribution in [0.2, 0.25) is 0 Å². The molecule has 2 aliphatic carbocycles. The Kier molecular flexibility index (Phi) is 7.89. The van der Waals surface area contributed by atoms with Crippen molar-refractivity contribution in [2.75, 3.05) is 0 Å². The van der Waals surface area contributed by atoms with Crippen LogP contribution in [0.1, 0.15) is 33.4 Å². The van der Waals surface area contributed by atoms with E-state index < -0.39 is 0 Å². The van der Waals surface area contributed by atoms with Crippen LogP contribution in [0, 0.1) is 0 Å². The molecule has 0 unspecified atom stereocenters. The fraction of sp³-hybridized carbons (Fsp3) is 0.